The molecule has 0 N–H and O–H groups in total. The molecule has 0 unspecified atom stereocenters. The van der Waals surface area contributed by atoms with E-state index in [1.165, 1.54) is 4.90 Å². The summed E-state index contributed by atoms with van der Waals surface area (Å²) in [7, 11) is 3.17. The minimum Gasteiger partial charge on any atom is -0.493 e. The quantitative estimate of drug-likeness (QED) is 0.478. The summed E-state index contributed by atoms with van der Waals surface area (Å²) in [6.45, 7) is 4.91. The molecule has 1 aromatic carbocycles. The summed E-state index contributed by atoms with van der Waals surface area (Å²) in [6.07, 6.45) is 3.30. The van der Waals surface area contributed by atoms with E-state index < -0.39 is 0 Å². The zero-order valence-corrected chi connectivity index (χ0v) is 16.4. The molecule has 6 nitrogen and oxygen atoms in total. The Kier molecular flexibility index (Phi) is 7.53. The molecule has 0 aliphatic carbocycles. The first-order valence-electron chi connectivity index (χ1n) is 8.59. The minimum absolute atomic E-state index is 0.0818. The van der Waals surface area contributed by atoms with Crippen LogP contribution in [0.5, 0.6) is 11.5 Å². The van der Waals surface area contributed by atoms with Crippen LogP contribution in [0.15, 0.2) is 23.1 Å². The number of hydrogen-bond donors (Lipinski definition) is 0. The number of amides is 2. The van der Waals surface area contributed by atoms with E-state index in [0.717, 1.165) is 23.7 Å². The van der Waals surface area contributed by atoms with E-state index in [9.17, 15) is 9.59 Å². The van der Waals surface area contributed by atoms with Crippen molar-refractivity contribution >= 4 is 29.0 Å². The first kappa shape index (κ1) is 20.3. The molecule has 0 radical (unpaired) electrons. The maximum atomic E-state index is 12.4. The van der Waals surface area contributed by atoms with Gasteiger partial charge in [0.05, 0.1) is 18.1 Å². The Morgan fingerprint density at radius 1 is 1.23 bits per heavy atom. The molecule has 0 bridgehead atoms. The van der Waals surface area contributed by atoms with Crippen molar-refractivity contribution in [3.05, 3.63) is 28.7 Å². The maximum absolute atomic E-state index is 12.4. The summed E-state index contributed by atoms with van der Waals surface area (Å²) in [5.41, 5.74) is 0.778. The second-order valence-electron chi connectivity index (χ2n) is 5.93. The number of hydrogen-bond acceptors (Lipinski definition) is 6. The number of imide groups is 1. The van der Waals surface area contributed by atoms with E-state index in [1.807, 2.05) is 26.0 Å². The zero-order chi connectivity index (χ0) is 19.1. The van der Waals surface area contributed by atoms with Gasteiger partial charge in [0.2, 0.25) is 0 Å². The molecule has 1 fully saturated rings. The molecule has 1 heterocycles. The number of carbonyl (C=O) groups excluding carboxylic acids is 2. The van der Waals surface area contributed by atoms with Gasteiger partial charge in [-0.2, -0.15) is 0 Å². The van der Waals surface area contributed by atoms with E-state index >= 15 is 0 Å². The third-order valence-electron chi connectivity index (χ3n) is 3.99. The average molecular weight is 379 g/mol. The van der Waals surface area contributed by atoms with E-state index in [2.05, 4.69) is 0 Å². The van der Waals surface area contributed by atoms with Crippen molar-refractivity contribution in [3.63, 3.8) is 0 Å². The van der Waals surface area contributed by atoms with Crippen LogP contribution in [0.25, 0.3) is 6.08 Å². The molecule has 1 atom stereocenters. The van der Waals surface area contributed by atoms with E-state index in [4.69, 9.17) is 14.2 Å². The number of carbonyl (C=O) groups is 2. The van der Waals surface area contributed by atoms with Crippen LogP contribution in [0.3, 0.4) is 0 Å². The minimum atomic E-state index is -0.269. The molecule has 7 heteroatoms. The lowest BCUT2D eigenvalue weighted by atomic mass is 10.1. The monoisotopic (exact) mass is 379 g/mol. The van der Waals surface area contributed by atoms with Gasteiger partial charge in [0.25, 0.3) is 11.1 Å². The largest absolute Gasteiger partial charge is 0.493 e. The Morgan fingerprint density at radius 3 is 2.65 bits per heavy atom. The highest BCUT2D eigenvalue weighted by Crippen LogP contribution is 2.35. The third-order valence-corrected chi connectivity index (χ3v) is 4.90. The fraction of sp³-hybridized carbons (Fsp3) is 0.474. The summed E-state index contributed by atoms with van der Waals surface area (Å²) >= 11 is 0.952. The predicted molar refractivity (Wildman–Crippen MR) is 103 cm³/mol. The normalized spacial score (nSPS) is 17.1. The van der Waals surface area contributed by atoms with Crippen LogP contribution in [0, 0.1) is 0 Å². The molecule has 0 saturated carbocycles. The molecule has 1 aromatic rings. The Bertz CT molecular complexity index is 689. The number of thioether (sulfide) groups is 1. The summed E-state index contributed by atoms with van der Waals surface area (Å²) < 4.78 is 16.2. The van der Waals surface area contributed by atoms with Crippen LogP contribution in [-0.2, 0) is 9.53 Å². The first-order chi connectivity index (χ1) is 12.5. The van der Waals surface area contributed by atoms with Crippen molar-refractivity contribution in [2.45, 2.75) is 32.8 Å². The summed E-state index contributed by atoms with van der Waals surface area (Å²) in [4.78, 5) is 26.2. The number of nitrogens with zero attached hydrogens (tertiary/aromatic N) is 1. The fourth-order valence-corrected chi connectivity index (χ4v) is 3.25. The summed E-state index contributed by atoms with van der Waals surface area (Å²) in [5.74, 6) is 0.986. The van der Waals surface area contributed by atoms with E-state index in [1.54, 1.807) is 26.4 Å². The van der Waals surface area contributed by atoms with Crippen LogP contribution in [-0.4, -0.2) is 49.5 Å². The zero-order valence-electron chi connectivity index (χ0n) is 15.6. The molecule has 142 valence electrons. The molecule has 1 aliphatic heterocycles. The highest BCUT2D eigenvalue weighted by atomic mass is 32.2. The van der Waals surface area contributed by atoms with Gasteiger partial charge in [-0.3, -0.25) is 14.5 Å². The second-order valence-corrected chi connectivity index (χ2v) is 6.92. The van der Waals surface area contributed by atoms with Gasteiger partial charge in [0.1, 0.15) is 0 Å². The average Bonchev–Trinajstić information content (AvgIpc) is 2.90. The Morgan fingerprint density at radius 2 is 2.00 bits per heavy atom. The molecule has 1 saturated heterocycles. The predicted octanol–water partition coefficient (Wildman–Crippen LogP) is 3.95. The topological polar surface area (TPSA) is 65.1 Å². The molecule has 1 aliphatic rings. The van der Waals surface area contributed by atoms with Crippen LogP contribution in [0.2, 0.25) is 0 Å². The lowest BCUT2D eigenvalue weighted by Gasteiger charge is -2.15. The van der Waals surface area contributed by atoms with Gasteiger partial charge in [0, 0.05) is 20.3 Å². The standard InChI is InChI=1S/C19H25NO5S/c1-5-13(2)25-15-8-7-14(11-16(15)24-4)12-17-18(21)20(19(22)26-17)9-6-10-23-3/h7-8,11-13H,5-6,9-10H2,1-4H3/b17-12+/t13-/m0/s1. The van der Waals surface area contributed by atoms with Crippen LogP contribution < -0.4 is 9.47 Å². The second kappa shape index (κ2) is 9.64. The number of methoxy groups -OCH3 is 2. The number of ether oxygens (including phenoxy) is 3. The highest BCUT2D eigenvalue weighted by Gasteiger charge is 2.34. The molecule has 2 amide bonds. The van der Waals surface area contributed by atoms with Gasteiger partial charge < -0.3 is 14.2 Å². The molecular formula is C19H25NO5S. The lowest BCUT2D eigenvalue weighted by Crippen LogP contribution is -2.29. The number of benzene rings is 1. The Hall–Kier alpha value is -1.99. The van der Waals surface area contributed by atoms with Gasteiger partial charge in [-0.15, -0.1) is 0 Å². The van der Waals surface area contributed by atoms with Crippen molar-refractivity contribution in [2.24, 2.45) is 0 Å². The van der Waals surface area contributed by atoms with Crippen molar-refractivity contribution < 1.29 is 23.8 Å². The summed E-state index contributed by atoms with van der Waals surface area (Å²) in [6, 6.07) is 5.47. The van der Waals surface area contributed by atoms with Crippen molar-refractivity contribution in [3.8, 4) is 11.5 Å². The third kappa shape index (κ3) is 5.02. The number of rotatable bonds is 9. The highest BCUT2D eigenvalue weighted by molar-refractivity contribution is 8.18. The first-order valence-corrected chi connectivity index (χ1v) is 9.40. The Balaban J connectivity index is 2.16. The fourth-order valence-electron chi connectivity index (χ4n) is 2.38. The van der Waals surface area contributed by atoms with E-state index in [0.29, 0.717) is 36.0 Å². The van der Waals surface area contributed by atoms with Crippen LogP contribution in [0.1, 0.15) is 32.3 Å². The molecular weight excluding hydrogens is 354 g/mol. The van der Waals surface area contributed by atoms with Gasteiger partial charge >= 0.3 is 0 Å². The van der Waals surface area contributed by atoms with Gasteiger partial charge in [-0.05, 0) is 55.3 Å². The molecule has 2 rings (SSSR count). The SMILES string of the molecule is CC[C@H](C)Oc1ccc(/C=C2/SC(=O)N(CCCOC)C2=O)cc1OC. The van der Waals surface area contributed by atoms with Crippen molar-refractivity contribution in [2.75, 3.05) is 27.4 Å². The van der Waals surface area contributed by atoms with Gasteiger partial charge in [0.15, 0.2) is 11.5 Å². The van der Waals surface area contributed by atoms with Crippen LogP contribution >= 0.6 is 11.8 Å². The Labute approximate surface area is 158 Å². The molecule has 0 aromatic heterocycles. The van der Waals surface area contributed by atoms with Crippen LogP contribution in [0.4, 0.5) is 4.79 Å². The van der Waals surface area contributed by atoms with Gasteiger partial charge in [-0.1, -0.05) is 13.0 Å². The van der Waals surface area contributed by atoms with Crippen molar-refractivity contribution in [1.82, 2.24) is 4.90 Å². The lowest BCUT2D eigenvalue weighted by molar-refractivity contribution is -0.122. The maximum Gasteiger partial charge on any atom is 0.293 e. The van der Waals surface area contributed by atoms with Crippen molar-refractivity contribution in [1.29, 1.82) is 0 Å². The van der Waals surface area contributed by atoms with Gasteiger partial charge in [-0.25, -0.2) is 0 Å². The van der Waals surface area contributed by atoms with E-state index in [-0.39, 0.29) is 17.3 Å². The smallest absolute Gasteiger partial charge is 0.293 e. The summed E-state index contributed by atoms with van der Waals surface area (Å²) in [5, 5.41) is -0.249. The molecule has 26 heavy (non-hydrogen) atoms. The molecule has 0 spiro atoms.